The number of benzene rings is 1. The summed E-state index contributed by atoms with van der Waals surface area (Å²) in [7, 11) is -1.45. The molecule has 0 bridgehead atoms. The average Bonchev–Trinajstić information content (AvgIpc) is 3.44. The number of thiazole rings is 1. The van der Waals surface area contributed by atoms with Crippen LogP contribution in [0.25, 0.3) is 21.6 Å². The fourth-order valence-electron chi connectivity index (χ4n) is 7.03. The number of allylic oxidation sites excluding steroid dienone is 1. The normalized spacial score (nSPS) is 26.7. The third-order valence-electron chi connectivity index (χ3n) is 10.3. The van der Waals surface area contributed by atoms with Crippen molar-refractivity contribution in [1.82, 2.24) is 33.8 Å². The van der Waals surface area contributed by atoms with Gasteiger partial charge in [-0.25, -0.2) is 9.71 Å². The second-order valence-electron chi connectivity index (χ2n) is 14.5. The van der Waals surface area contributed by atoms with Crippen molar-refractivity contribution in [3.63, 3.8) is 0 Å². The first-order chi connectivity index (χ1) is 24.3. The maximum atomic E-state index is 14.2. The van der Waals surface area contributed by atoms with E-state index < -0.39 is 39.7 Å². The van der Waals surface area contributed by atoms with Crippen LogP contribution in [0, 0.1) is 11.8 Å². The van der Waals surface area contributed by atoms with Gasteiger partial charge in [0.15, 0.2) is 0 Å². The Morgan fingerprint density at radius 1 is 1.20 bits per heavy atom. The zero-order valence-electron chi connectivity index (χ0n) is 30.2. The highest BCUT2D eigenvalue weighted by molar-refractivity contribution is 7.87. The molecule has 3 aromatic rings. The largest absolute Gasteiger partial charge is 0.459 e. The minimum absolute atomic E-state index is 0.147. The number of nitrogens with one attached hydrogen (secondary N) is 2. The molecule has 51 heavy (non-hydrogen) atoms. The van der Waals surface area contributed by atoms with Crippen molar-refractivity contribution in [2.45, 2.75) is 103 Å². The zero-order valence-corrected chi connectivity index (χ0v) is 31.8. The summed E-state index contributed by atoms with van der Waals surface area (Å²) in [5, 5.41) is 5.86. The number of fused-ring (bicyclic) bond motifs is 3. The molecule has 1 saturated carbocycles. The first kappa shape index (κ1) is 37.0. The van der Waals surface area contributed by atoms with Gasteiger partial charge in [0.2, 0.25) is 11.8 Å². The fraction of sp³-hybridized carbons (Fsp3) is 0.583. The first-order valence-electron chi connectivity index (χ1n) is 17.9. The Morgan fingerprint density at radius 3 is 2.69 bits per heavy atom. The summed E-state index contributed by atoms with van der Waals surface area (Å²) < 4.78 is 36.9. The van der Waals surface area contributed by atoms with Gasteiger partial charge in [-0.15, -0.1) is 11.3 Å². The number of nitrogens with zero attached hydrogens (tertiary/aromatic N) is 5. The number of amides is 3. The molecule has 15 heteroatoms. The van der Waals surface area contributed by atoms with E-state index in [1.807, 2.05) is 48.8 Å². The third kappa shape index (κ3) is 7.43. The summed E-state index contributed by atoms with van der Waals surface area (Å²) in [5.41, 5.74) is 2.15. The van der Waals surface area contributed by atoms with Crippen molar-refractivity contribution in [2.24, 2.45) is 11.8 Å². The highest BCUT2D eigenvalue weighted by Crippen LogP contribution is 2.46. The number of aromatic nitrogens is 3. The number of carbonyl (C=O) groups is 3. The number of hydrogen-bond donors (Lipinski definition) is 2. The van der Waals surface area contributed by atoms with Gasteiger partial charge >= 0.3 is 10.2 Å². The molecule has 2 N–H and O–H groups in total. The fourth-order valence-corrected chi connectivity index (χ4v) is 8.64. The van der Waals surface area contributed by atoms with E-state index in [0.29, 0.717) is 24.9 Å². The van der Waals surface area contributed by atoms with Crippen LogP contribution in [0.1, 0.15) is 84.3 Å². The predicted octanol–water partition coefficient (Wildman–Crippen LogP) is 4.61. The molecule has 0 spiro atoms. The van der Waals surface area contributed by atoms with E-state index in [1.165, 1.54) is 14.1 Å². The number of carbonyl (C=O) groups excluding carboxylic acids is 3. The van der Waals surface area contributed by atoms with E-state index in [0.717, 1.165) is 57.3 Å². The van der Waals surface area contributed by atoms with Gasteiger partial charge < -0.3 is 15.0 Å². The molecule has 1 aliphatic carbocycles. The van der Waals surface area contributed by atoms with Gasteiger partial charge in [-0.3, -0.25) is 19.0 Å². The van der Waals surface area contributed by atoms with Crippen molar-refractivity contribution in [3.8, 4) is 16.6 Å². The predicted molar refractivity (Wildman–Crippen MR) is 196 cm³/mol. The van der Waals surface area contributed by atoms with E-state index in [-0.39, 0.29) is 37.1 Å². The lowest BCUT2D eigenvalue weighted by Crippen LogP contribution is -2.57. The molecular formula is C36H49N7O6S2. The second kappa shape index (κ2) is 14.7. The van der Waals surface area contributed by atoms with E-state index in [4.69, 9.17) is 14.7 Å². The molecule has 2 fully saturated rings. The number of imidazole rings is 1. The summed E-state index contributed by atoms with van der Waals surface area (Å²) in [4.78, 5) is 53.1. The number of para-hydroxylation sites is 1. The molecule has 5 atom stereocenters. The van der Waals surface area contributed by atoms with Crippen LogP contribution >= 0.6 is 11.3 Å². The van der Waals surface area contributed by atoms with Gasteiger partial charge in [0.25, 0.3) is 11.9 Å². The molecule has 6 rings (SSSR count). The van der Waals surface area contributed by atoms with E-state index in [9.17, 15) is 22.8 Å². The monoisotopic (exact) mass is 739 g/mol. The van der Waals surface area contributed by atoms with Crippen LogP contribution in [0.2, 0.25) is 0 Å². The Morgan fingerprint density at radius 2 is 1.98 bits per heavy atom. The lowest BCUT2D eigenvalue weighted by Gasteiger charge is -2.28. The van der Waals surface area contributed by atoms with E-state index >= 15 is 0 Å². The lowest BCUT2D eigenvalue weighted by atomic mass is 10.0. The van der Waals surface area contributed by atoms with Crippen LogP contribution in [0.5, 0.6) is 6.01 Å². The Hall–Kier alpha value is -3.82. The van der Waals surface area contributed by atoms with Gasteiger partial charge in [0, 0.05) is 49.8 Å². The quantitative estimate of drug-likeness (QED) is 0.318. The van der Waals surface area contributed by atoms with Crippen molar-refractivity contribution in [2.75, 3.05) is 20.6 Å². The summed E-state index contributed by atoms with van der Waals surface area (Å²) in [6.45, 7) is 8.89. The van der Waals surface area contributed by atoms with Crippen molar-refractivity contribution in [1.29, 1.82) is 0 Å². The second-order valence-corrected chi connectivity index (χ2v) is 17.2. The first-order valence-corrected chi connectivity index (χ1v) is 20.2. The maximum absolute atomic E-state index is 14.2. The minimum Gasteiger partial charge on any atom is -0.459 e. The molecule has 3 aliphatic rings. The number of hydrogen-bond acceptors (Lipinski definition) is 9. The average molecular weight is 740 g/mol. The molecule has 13 nitrogen and oxygen atoms in total. The summed E-state index contributed by atoms with van der Waals surface area (Å²) in [6.07, 6.45) is 8.01. The summed E-state index contributed by atoms with van der Waals surface area (Å²) in [6, 6.07) is 5.47. The summed E-state index contributed by atoms with van der Waals surface area (Å²) >= 11 is 1.58. The molecule has 0 unspecified atom stereocenters. The molecular weight excluding hydrogens is 691 g/mol. The van der Waals surface area contributed by atoms with Crippen LogP contribution in [0.3, 0.4) is 0 Å². The van der Waals surface area contributed by atoms with Gasteiger partial charge in [-0.1, -0.05) is 51.8 Å². The maximum Gasteiger partial charge on any atom is 0.303 e. The van der Waals surface area contributed by atoms with Gasteiger partial charge in [0.1, 0.15) is 28.2 Å². The number of rotatable bonds is 8. The molecule has 1 saturated heterocycles. The highest BCUT2D eigenvalue weighted by atomic mass is 32.2. The lowest BCUT2D eigenvalue weighted by molar-refractivity contribution is -0.142. The number of ether oxygens (including phenoxy) is 1. The van der Waals surface area contributed by atoms with E-state index in [1.54, 1.807) is 16.2 Å². The van der Waals surface area contributed by atoms with Crippen molar-refractivity contribution >= 4 is 50.3 Å². The van der Waals surface area contributed by atoms with Crippen molar-refractivity contribution < 1.29 is 27.5 Å². The van der Waals surface area contributed by atoms with Gasteiger partial charge in [0.05, 0.1) is 17.8 Å². The van der Waals surface area contributed by atoms with E-state index in [2.05, 4.69) is 29.3 Å². The Bertz CT molecular complexity index is 1940. The topological polar surface area (TPSA) is 156 Å². The molecule has 2 aliphatic heterocycles. The highest BCUT2D eigenvalue weighted by Gasteiger charge is 2.61. The smallest absolute Gasteiger partial charge is 0.303 e. The molecule has 2 aromatic heterocycles. The molecule has 3 amide bonds. The molecule has 0 radical (unpaired) electrons. The zero-order chi connectivity index (χ0) is 36.7. The van der Waals surface area contributed by atoms with Crippen molar-refractivity contribution in [3.05, 3.63) is 41.4 Å². The van der Waals surface area contributed by atoms with Crippen LogP contribution in [0.4, 0.5) is 0 Å². The third-order valence-corrected chi connectivity index (χ3v) is 12.6. The molecule has 4 heterocycles. The Balaban J connectivity index is 1.30. The van der Waals surface area contributed by atoms with Gasteiger partial charge in [-0.2, -0.15) is 17.7 Å². The van der Waals surface area contributed by atoms with Crippen LogP contribution in [-0.2, 0) is 31.1 Å². The Kier molecular flexibility index (Phi) is 10.6. The molecule has 1 aromatic carbocycles. The van der Waals surface area contributed by atoms with Crippen LogP contribution < -0.4 is 14.8 Å². The molecule has 276 valence electrons. The standard InChI is InChI=1S/C36H49N7O6S2/c1-7-42-28-17-13-16-26(32-37-27(21-50-32)22(2)3)30(28)38-35(42)49-25-18-29-31(44)39-36(34(46)40-51(47,48)41(5)6)19-24(36)15-12-10-8-9-11-14-23(4)33(45)43(29)20-25/h12-13,15-17,21-25,29H,7-11,14,18-20H2,1-6H3,(H,39,44)(H,40,46)/b15-12-/t23-,24+,25+,29-,36+/m0/s1. The number of aryl methyl sites for hydroxylation is 1. The SMILES string of the molecule is CCn1c(O[C@@H]2C[C@H]3C(=O)N[C@]4(C(=O)NS(=O)(=O)N(C)C)C[C@H]4/C=C\CCCCC[C@H](C)C(=O)N3C2)nc2c(-c3nc(C(C)C)cs3)cccc21. The van der Waals surface area contributed by atoms with Crippen LogP contribution in [0.15, 0.2) is 35.7 Å². The Labute approximate surface area is 304 Å². The summed E-state index contributed by atoms with van der Waals surface area (Å²) in [5.74, 6) is -1.85. The van der Waals surface area contributed by atoms with Gasteiger partial charge in [-0.05, 0) is 50.7 Å². The minimum atomic E-state index is -4.10. The van der Waals surface area contributed by atoms with Crippen LogP contribution in [-0.4, -0.2) is 88.2 Å².